The number of amides is 1. The number of morpholine rings is 1. The van der Waals surface area contributed by atoms with E-state index in [1.807, 2.05) is 41.9 Å². The van der Waals surface area contributed by atoms with Crippen LogP contribution in [0.2, 0.25) is 0 Å². The molecular weight excluding hydrogens is 504 g/mol. The van der Waals surface area contributed by atoms with E-state index in [4.69, 9.17) is 17.3 Å². The summed E-state index contributed by atoms with van der Waals surface area (Å²) in [7, 11) is 14.2. The number of carbonyl (C=O) groups excluding carboxylic acids is 1. The van der Waals surface area contributed by atoms with Gasteiger partial charge in [-0.15, -0.1) is 0 Å². The van der Waals surface area contributed by atoms with Crippen LogP contribution in [0.25, 0.3) is 0 Å². The summed E-state index contributed by atoms with van der Waals surface area (Å²) in [4.78, 5) is 18.8. The van der Waals surface area contributed by atoms with Gasteiger partial charge < -0.3 is 18.9 Å². The molecule has 0 aromatic carbocycles. The molecular formula is C22H38BN5O4PS2+. The molecule has 3 atom stereocenters. The number of hydrogen-bond donors (Lipinski definition) is 0. The van der Waals surface area contributed by atoms with E-state index in [0.29, 0.717) is 39.2 Å². The Bertz CT molecular complexity index is 862. The maximum atomic E-state index is 13.9. The lowest BCUT2D eigenvalue weighted by Gasteiger charge is -2.42. The Balaban J connectivity index is 1.41. The smallest absolute Gasteiger partial charge is 0.241 e. The van der Waals surface area contributed by atoms with Crippen LogP contribution in [0.4, 0.5) is 0 Å². The first-order chi connectivity index (χ1) is 16.6. The summed E-state index contributed by atoms with van der Waals surface area (Å²) < 4.78 is 30.2. The predicted octanol–water partition coefficient (Wildman–Crippen LogP) is 2.05. The van der Waals surface area contributed by atoms with E-state index in [1.54, 1.807) is 32.5 Å². The Hall–Kier alpha value is -0.585. The Kier molecular flexibility index (Phi) is 11.0. The van der Waals surface area contributed by atoms with Crippen molar-refractivity contribution in [2.24, 2.45) is 0 Å². The highest BCUT2D eigenvalue weighted by atomic mass is 33.1. The molecule has 0 saturated carbocycles. The van der Waals surface area contributed by atoms with Crippen molar-refractivity contribution in [2.45, 2.75) is 23.6 Å². The summed E-state index contributed by atoms with van der Waals surface area (Å²) in [5.74, 6) is 0.869. The largest absolute Gasteiger partial charge is 0.371 e. The highest BCUT2D eigenvalue weighted by Gasteiger charge is 2.38. The van der Waals surface area contributed by atoms with Crippen LogP contribution in [-0.2, 0) is 18.8 Å². The number of piperazine rings is 1. The zero-order valence-electron chi connectivity index (χ0n) is 21.2. The summed E-state index contributed by atoms with van der Waals surface area (Å²) in [5, 5.41) is 0.945. The molecule has 0 bridgehead atoms. The highest BCUT2D eigenvalue weighted by Crippen LogP contribution is 2.51. The second kappa shape index (κ2) is 13.3. The van der Waals surface area contributed by atoms with Crippen LogP contribution >= 0.6 is 29.0 Å². The summed E-state index contributed by atoms with van der Waals surface area (Å²) in [6.45, 7) is 4.20. The lowest BCUT2D eigenvalue weighted by molar-refractivity contribution is -0.903. The first-order valence-corrected chi connectivity index (χ1v) is 16.0. The van der Waals surface area contributed by atoms with Crippen molar-refractivity contribution in [3.8, 4) is 0 Å². The molecule has 3 rings (SSSR count). The summed E-state index contributed by atoms with van der Waals surface area (Å²) in [6.07, 6.45) is 2.26. The summed E-state index contributed by atoms with van der Waals surface area (Å²) in [6, 6.07) is 5.49. The van der Waals surface area contributed by atoms with Gasteiger partial charge in [0.25, 0.3) is 0 Å². The predicted molar refractivity (Wildman–Crippen MR) is 144 cm³/mol. The maximum Gasteiger partial charge on any atom is 0.241 e. The van der Waals surface area contributed by atoms with Crippen molar-refractivity contribution < 1.29 is 23.3 Å². The van der Waals surface area contributed by atoms with Crippen LogP contribution in [0.3, 0.4) is 0 Å². The van der Waals surface area contributed by atoms with E-state index in [1.165, 1.54) is 0 Å². The van der Waals surface area contributed by atoms with E-state index < -0.39 is 7.44 Å². The van der Waals surface area contributed by atoms with Crippen molar-refractivity contribution in [2.75, 3.05) is 86.2 Å². The Morgan fingerprint density at radius 3 is 2.66 bits per heavy atom. The van der Waals surface area contributed by atoms with Gasteiger partial charge in [0.15, 0.2) is 0 Å². The topological polar surface area (TPSA) is 75.2 Å². The monoisotopic (exact) mass is 542 g/mol. The lowest BCUT2D eigenvalue weighted by atomic mass is 9.96. The molecule has 2 aliphatic heterocycles. The molecule has 0 spiro atoms. The number of ether oxygens (including phenoxy) is 2. The minimum absolute atomic E-state index is 0.118. The number of nitrogens with zero attached hydrogens (tertiary/aromatic N) is 5. The van der Waals surface area contributed by atoms with Crippen LogP contribution < -0.4 is 0 Å². The zero-order valence-corrected chi connectivity index (χ0v) is 23.8. The SMILES string of the molecule is [B]C1C[N+](C)(C)CC(COCP(=O)(N(C)C)N2CCN(C(=O)CCSSc3ccccn3)CC2)O1. The number of pyridine rings is 1. The molecule has 1 aromatic heterocycles. The number of carbonyl (C=O) groups is 1. The van der Waals surface area contributed by atoms with Crippen molar-refractivity contribution in [3.05, 3.63) is 24.4 Å². The first-order valence-electron chi connectivity index (χ1n) is 11.9. The quantitative estimate of drug-likeness (QED) is 0.137. The first kappa shape index (κ1) is 29.0. The van der Waals surface area contributed by atoms with Crippen LogP contribution in [0.5, 0.6) is 0 Å². The fourth-order valence-corrected chi connectivity index (χ4v) is 8.24. The van der Waals surface area contributed by atoms with Gasteiger partial charge in [-0.2, -0.15) is 0 Å². The standard InChI is InChI=1S/C22H38BN5O4PS2/c1-25(2)33(30,18-31-17-19-15-28(3,4)16-20(23)32-19)27-12-10-26(11-13-27)22(29)8-14-34-35-21-7-5-6-9-24-21/h5-7,9,19-20H,8,10-18H2,1-4H3/q+1. The third-order valence-corrected chi connectivity index (χ3v) is 11.5. The average Bonchev–Trinajstić information content (AvgIpc) is 2.81. The van der Waals surface area contributed by atoms with Crippen molar-refractivity contribution >= 4 is 42.8 Å². The minimum Gasteiger partial charge on any atom is -0.371 e. The van der Waals surface area contributed by atoms with Gasteiger partial charge in [-0.05, 0) is 37.0 Å². The lowest BCUT2D eigenvalue weighted by Crippen LogP contribution is -2.57. The molecule has 3 unspecified atom stereocenters. The second-order valence-corrected chi connectivity index (χ2v) is 15.2. The van der Waals surface area contributed by atoms with Crippen LogP contribution in [0.15, 0.2) is 29.4 Å². The van der Waals surface area contributed by atoms with Crippen LogP contribution in [-0.4, -0.2) is 136 Å². The molecule has 3 heterocycles. The van der Waals surface area contributed by atoms with Crippen molar-refractivity contribution in [1.29, 1.82) is 0 Å². The molecule has 0 aliphatic carbocycles. The van der Waals surface area contributed by atoms with E-state index in [9.17, 15) is 9.36 Å². The van der Waals surface area contributed by atoms with Crippen molar-refractivity contribution in [1.82, 2.24) is 19.2 Å². The number of hydrogen-bond acceptors (Lipinski definition) is 7. The van der Waals surface area contributed by atoms with Gasteiger partial charge in [-0.25, -0.2) is 14.3 Å². The highest BCUT2D eigenvalue weighted by molar-refractivity contribution is 8.76. The molecule has 13 heteroatoms. The summed E-state index contributed by atoms with van der Waals surface area (Å²) in [5.41, 5.74) is 0. The van der Waals surface area contributed by atoms with Gasteiger partial charge >= 0.3 is 0 Å². The van der Waals surface area contributed by atoms with Gasteiger partial charge in [0.05, 0.1) is 33.3 Å². The second-order valence-electron chi connectivity index (χ2n) is 9.77. The molecule has 2 radical (unpaired) electrons. The third-order valence-electron chi connectivity index (χ3n) is 6.16. The van der Waals surface area contributed by atoms with E-state index in [0.717, 1.165) is 28.4 Å². The van der Waals surface area contributed by atoms with E-state index in [-0.39, 0.29) is 24.4 Å². The zero-order chi connectivity index (χ0) is 25.5. The molecule has 35 heavy (non-hydrogen) atoms. The fourth-order valence-electron chi connectivity index (χ4n) is 4.33. The number of rotatable bonds is 11. The molecule has 0 N–H and O–H groups in total. The normalized spacial score (nSPS) is 24.9. The molecule has 9 nitrogen and oxygen atoms in total. The molecule has 2 aliphatic rings. The third kappa shape index (κ3) is 8.74. The van der Waals surface area contributed by atoms with Gasteiger partial charge in [-0.3, -0.25) is 9.36 Å². The molecule has 1 aromatic rings. The molecule has 1 amide bonds. The van der Waals surface area contributed by atoms with Gasteiger partial charge in [0.2, 0.25) is 13.4 Å². The molecule has 2 saturated heterocycles. The average molecular weight is 542 g/mol. The number of likely N-dealkylation sites (N-methyl/N-ethyl adjacent to an activating group) is 1. The number of quaternary nitrogens is 1. The fraction of sp³-hybridized carbons (Fsp3) is 0.727. The Morgan fingerprint density at radius 2 is 2.03 bits per heavy atom. The van der Waals surface area contributed by atoms with Crippen molar-refractivity contribution in [3.63, 3.8) is 0 Å². The van der Waals surface area contributed by atoms with Gasteiger partial charge in [-0.1, -0.05) is 16.9 Å². The van der Waals surface area contributed by atoms with Gasteiger partial charge in [0, 0.05) is 44.5 Å². The number of aromatic nitrogens is 1. The Morgan fingerprint density at radius 1 is 1.29 bits per heavy atom. The summed E-state index contributed by atoms with van der Waals surface area (Å²) >= 11 is 0. The Labute approximate surface area is 219 Å². The van der Waals surface area contributed by atoms with E-state index >= 15 is 0 Å². The molecule has 194 valence electrons. The van der Waals surface area contributed by atoms with Gasteiger partial charge in [0.1, 0.15) is 31.9 Å². The van der Waals surface area contributed by atoms with Crippen LogP contribution in [0, 0.1) is 0 Å². The molecule has 2 fully saturated rings. The van der Waals surface area contributed by atoms with E-state index in [2.05, 4.69) is 19.1 Å². The minimum atomic E-state index is -2.90. The maximum absolute atomic E-state index is 13.9. The van der Waals surface area contributed by atoms with Crippen LogP contribution in [0.1, 0.15) is 6.42 Å².